The Morgan fingerprint density at radius 3 is 2.68 bits per heavy atom. The Morgan fingerprint density at radius 1 is 1.37 bits per heavy atom. The lowest BCUT2D eigenvalue weighted by Gasteiger charge is -2.13. The molecule has 0 unspecified atom stereocenters. The van der Waals surface area contributed by atoms with Gasteiger partial charge >= 0.3 is 5.97 Å². The molecule has 0 aliphatic rings. The molecule has 0 radical (unpaired) electrons. The van der Waals surface area contributed by atoms with Gasteiger partial charge in [-0.25, -0.2) is 4.79 Å². The van der Waals surface area contributed by atoms with Gasteiger partial charge in [-0.15, -0.1) is 6.42 Å². The molecule has 1 rings (SSSR count). The maximum absolute atomic E-state index is 11.6. The van der Waals surface area contributed by atoms with Crippen molar-refractivity contribution in [3.8, 4) is 18.1 Å². The second-order valence-corrected chi connectivity index (χ2v) is 3.66. The van der Waals surface area contributed by atoms with Gasteiger partial charge in [0.25, 0.3) is 5.91 Å². The van der Waals surface area contributed by atoms with Gasteiger partial charge in [0.15, 0.2) is 12.7 Å². The number of nitrogens with one attached hydrogen (secondary N) is 1. The van der Waals surface area contributed by atoms with Crippen LogP contribution in [0.3, 0.4) is 0 Å². The zero-order valence-corrected chi connectivity index (χ0v) is 10.6. The normalized spacial score (nSPS) is 10.9. The van der Waals surface area contributed by atoms with Gasteiger partial charge in [0.05, 0.1) is 6.54 Å². The molecule has 0 fully saturated rings. The summed E-state index contributed by atoms with van der Waals surface area (Å²) < 4.78 is 10.1. The average Bonchev–Trinajstić information content (AvgIpc) is 2.43. The zero-order valence-electron chi connectivity index (χ0n) is 10.6. The molecule has 5 nitrogen and oxygen atoms in total. The van der Waals surface area contributed by atoms with Gasteiger partial charge in [0.2, 0.25) is 0 Å². The van der Waals surface area contributed by atoms with Gasteiger partial charge in [0, 0.05) is 0 Å². The lowest BCUT2D eigenvalue weighted by Crippen LogP contribution is -2.33. The van der Waals surface area contributed by atoms with Crippen molar-refractivity contribution in [2.75, 3.05) is 13.2 Å². The van der Waals surface area contributed by atoms with Crippen LogP contribution in [-0.2, 0) is 14.3 Å². The molecule has 0 saturated heterocycles. The van der Waals surface area contributed by atoms with Crippen molar-refractivity contribution >= 4 is 11.9 Å². The van der Waals surface area contributed by atoms with E-state index in [-0.39, 0.29) is 13.2 Å². The van der Waals surface area contributed by atoms with Crippen molar-refractivity contribution in [3.63, 3.8) is 0 Å². The summed E-state index contributed by atoms with van der Waals surface area (Å²) >= 11 is 0. The molecule has 1 aromatic carbocycles. The quantitative estimate of drug-likeness (QED) is 0.606. The third kappa shape index (κ3) is 5.59. The van der Waals surface area contributed by atoms with E-state index >= 15 is 0 Å². The number of terminal acetylenes is 1. The third-order valence-electron chi connectivity index (χ3n) is 2.12. The average molecular weight is 261 g/mol. The van der Waals surface area contributed by atoms with Crippen LogP contribution in [0.2, 0.25) is 0 Å². The fraction of sp³-hybridized carbons (Fsp3) is 0.286. The number of para-hydroxylation sites is 1. The van der Waals surface area contributed by atoms with Gasteiger partial charge in [-0.3, -0.25) is 4.79 Å². The van der Waals surface area contributed by atoms with Gasteiger partial charge < -0.3 is 14.8 Å². The summed E-state index contributed by atoms with van der Waals surface area (Å²) in [5, 5.41) is 2.38. The highest BCUT2D eigenvalue weighted by Crippen LogP contribution is 2.11. The van der Waals surface area contributed by atoms with Crippen LogP contribution in [0.15, 0.2) is 30.3 Å². The highest BCUT2D eigenvalue weighted by Gasteiger charge is 2.17. The molecule has 1 atom stereocenters. The zero-order chi connectivity index (χ0) is 14.1. The summed E-state index contributed by atoms with van der Waals surface area (Å²) in [6.07, 6.45) is 4.19. The van der Waals surface area contributed by atoms with Crippen LogP contribution in [0.5, 0.6) is 5.75 Å². The van der Waals surface area contributed by atoms with Crippen LogP contribution in [0.1, 0.15) is 6.92 Å². The van der Waals surface area contributed by atoms with E-state index in [4.69, 9.17) is 15.9 Å². The second-order valence-electron chi connectivity index (χ2n) is 3.66. The number of esters is 1. The van der Waals surface area contributed by atoms with Gasteiger partial charge in [-0.2, -0.15) is 0 Å². The van der Waals surface area contributed by atoms with Gasteiger partial charge in [0.1, 0.15) is 5.75 Å². The predicted octanol–water partition coefficient (Wildman–Crippen LogP) is 0.746. The molecule has 0 aliphatic carbocycles. The van der Waals surface area contributed by atoms with E-state index in [1.165, 1.54) is 0 Å². The number of amides is 1. The first-order chi connectivity index (χ1) is 9.13. The van der Waals surface area contributed by atoms with Crippen LogP contribution >= 0.6 is 0 Å². The second kappa shape index (κ2) is 7.77. The van der Waals surface area contributed by atoms with E-state index in [0.717, 1.165) is 0 Å². The molecule has 0 saturated carbocycles. The van der Waals surface area contributed by atoms with E-state index < -0.39 is 18.0 Å². The first-order valence-electron chi connectivity index (χ1n) is 5.72. The summed E-state index contributed by atoms with van der Waals surface area (Å²) in [5.74, 6) is 1.75. The molecule has 5 heteroatoms. The maximum atomic E-state index is 11.6. The fourth-order valence-corrected chi connectivity index (χ4v) is 1.21. The minimum absolute atomic E-state index is 0.104. The van der Waals surface area contributed by atoms with Crippen LogP contribution < -0.4 is 10.1 Å². The molecule has 1 N–H and O–H groups in total. The van der Waals surface area contributed by atoms with Crippen molar-refractivity contribution < 1.29 is 19.1 Å². The molecular formula is C14H15NO4. The summed E-state index contributed by atoms with van der Waals surface area (Å²) in [6.45, 7) is 1.28. The Balaban J connectivity index is 2.33. The van der Waals surface area contributed by atoms with Gasteiger partial charge in [-0.1, -0.05) is 24.1 Å². The number of ether oxygens (including phenoxy) is 2. The summed E-state index contributed by atoms with van der Waals surface area (Å²) in [6, 6.07) is 8.87. The Labute approximate surface area is 111 Å². The van der Waals surface area contributed by atoms with Crippen LogP contribution in [-0.4, -0.2) is 31.1 Å². The van der Waals surface area contributed by atoms with Crippen LogP contribution in [0, 0.1) is 12.3 Å². The Bertz CT molecular complexity index is 464. The van der Waals surface area contributed by atoms with Crippen LogP contribution in [0.25, 0.3) is 0 Å². The Morgan fingerprint density at radius 2 is 2.05 bits per heavy atom. The molecule has 1 amide bonds. The topological polar surface area (TPSA) is 64.6 Å². The number of carbonyl (C=O) groups excluding carboxylic acids is 2. The molecule has 100 valence electrons. The van der Waals surface area contributed by atoms with Crippen molar-refractivity contribution in [2.24, 2.45) is 0 Å². The number of rotatable bonds is 6. The minimum Gasteiger partial charge on any atom is -0.479 e. The van der Waals surface area contributed by atoms with Crippen LogP contribution in [0.4, 0.5) is 0 Å². The van der Waals surface area contributed by atoms with E-state index in [2.05, 4.69) is 11.2 Å². The molecule has 0 heterocycles. The number of hydrogen-bond donors (Lipinski definition) is 1. The standard InChI is InChI=1S/C14H15NO4/c1-3-9-15-13(16)10-18-14(17)11(2)19-12-7-5-4-6-8-12/h1,4-8,11H,9-10H2,2H3,(H,15,16)/t11-/m1/s1. The number of hydrogen-bond acceptors (Lipinski definition) is 4. The van der Waals surface area contributed by atoms with E-state index in [9.17, 15) is 9.59 Å². The summed E-state index contributed by atoms with van der Waals surface area (Å²) in [4.78, 5) is 22.7. The van der Waals surface area contributed by atoms with E-state index in [0.29, 0.717) is 5.75 Å². The lowest BCUT2D eigenvalue weighted by molar-refractivity contribution is -0.154. The minimum atomic E-state index is -0.789. The van der Waals surface area contributed by atoms with E-state index in [1.807, 2.05) is 6.07 Å². The smallest absolute Gasteiger partial charge is 0.347 e. The molecule has 0 bridgehead atoms. The Hall–Kier alpha value is -2.48. The predicted molar refractivity (Wildman–Crippen MR) is 69.3 cm³/mol. The lowest BCUT2D eigenvalue weighted by atomic mass is 10.3. The highest BCUT2D eigenvalue weighted by molar-refractivity contribution is 5.82. The molecule has 0 aliphatic heterocycles. The first-order valence-corrected chi connectivity index (χ1v) is 5.72. The molecule has 1 aromatic rings. The molecule has 0 aromatic heterocycles. The van der Waals surface area contributed by atoms with Crippen molar-refractivity contribution in [2.45, 2.75) is 13.0 Å². The summed E-state index contributed by atoms with van der Waals surface area (Å²) in [7, 11) is 0. The van der Waals surface area contributed by atoms with E-state index in [1.54, 1.807) is 31.2 Å². The monoisotopic (exact) mass is 261 g/mol. The highest BCUT2D eigenvalue weighted by atomic mass is 16.6. The fourth-order valence-electron chi connectivity index (χ4n) is 1.21. The number of carbonyl (C=O) groups is 2. The molecule has 0 spiro atoms. The number of benzene rings is 1. The Kier molecular flexibility index (Phi) is 5.96. The summed E-state index contributed by atoms with van der Waals surface area (Å²) in [5.41, 5.74) is 0. The SMILES string of the molecule is C#CCNC(=O)COC(=O)[C@@H](C)Oc1ccccc1. The maximum Gasteiger partial charge on any atom is 0.347 e. The third-order valence-corrected chi connectivity index (χ3v) is 2.12. The largest absolute Gasteiger partial charge is 0.479 e. The molecular weight excluding hydrogens is 246 g/mol. The molecule has 19 heavy (non-hydrogen) atoms. The first kappa shape index (κ1) is 14.6. The van der Waals surface area contributed by atoms with Gasteiger partial charge in [-0.05, 0) is 19.1 Å². The van der Waals surface area contributed by atoms with Crippen molar-refractivity contribution in [3.05, 3.63) is 30.3 Å². The van der Waals surface area contributed by atoms with Crippen molar-refractivity contribution in [1.29, 1.82) is 0 Å². The van der Waals surface area contributed by atoms with Crippen molar-refractivity contribution in [1.82, 2.24) is 5.32 Å².